The maximum absolute atomic E-state index is 13.8. The molecule has 0 saturated heterocycles. The third-order valence-electron chi connectivity index (χ3n) is 6.96. The molecule has 0 spiro atoms. The Balaban J connectivity index is 1.34. The number of fused-ring (bicyclic) bond motifs is 4. The summed E-state index contributed by atoms with van der Waals surface area (Å²) in [5, 5.41) is 4.82. The first-order chi connectivity index (χ1) is 18.6. The van der Waals surface area contributed by atoms with Gasteiger partial charge in [0.15, 0.2) is 6.10 Å². The summed E-state index contributed by atoms with van der Waals surface area (Å²) in [6.07, 6.45) is -1.07. The van der Waals surface area contributed by atoms with Crippen LogP contribution in [0, 0.1) is 0 Å². The number of rotatable bonds is 4. The molecule has 7 nitrogen and oxygen atoms in total. The fourth-order valence-corrected chi connectivity index (χ4v) is 6.32. The Morgan fingerprint density at radius 2 is 1.59 bits per heavy atom. The van der Waals surface area contributed by atoms with Crippen molar-refractivity contribution in [1.29, 1.82) is 0 Å². The lowest BCUT2D eigenvalue weighted by Crippen LogP contribution is -2.49. The Morgan fingerprint density at radius 3 is 2.36 bits per heavy atom. The molecule has 8 heteroatoms. The lowest BCUT2D eigenvalue weighted by Gasteiger charge is -2.36. The summed E-state index contributed by atoms with van der Waals surface area (Å²) < 4.78 is 40.9. The van der Waals surface area contributed by atoms with Gasteiger partial charge in [-0.05, 0) is 53.4 Å². The number of nitrogens with zero attached hydrogens (tertiary/aromatic N) is 1. The number of benzene rings is 4. The number of sulfonamides is 1. The van der Waals surface area contributed by atoms with Crippen molar-refractivity contribution in [3.8, 4) is 5.75 Å². The second-order valence-corrected chi connectivity index (χ2v) is 12.5. The van der Waals surface area contributed by atoms with Gasteiger partial charge in [-0.1, -0.05) is 63.2 Å². The average Bonchev–Trinajstić information content (AvgIpc) is 3.30. The fourth-order valence-electron chi connectivity index (χ4n) is 4.83. The van der Waals surface area contributed by atoms with Crippen LogP contribution < -0.4 is 14.4 Å². The SMILES string of the molecule is CC(C)(C)c1ccc2c(c1)N(S(=O)(=O)c1ccccc1)C[C@H](C(=O)Nc1ccc3c(c1)oc1ccccc13)O2. The van der Waals surface area contributed by atoms with Crippen LogP contribution in [0.25, 0.3) is 21.9 Å². The van der Waals surface area contributed by atoms with E-state index in [2.05, 4.69) is 26.1 Å². The Bertz CT molecular complexity index is 1820. The van der Waals surface area contributed by atoms with Gasteiger partial charge in [0.25, 0.3) is 15.9 Å². The zero-order valence-electron chi connectivity index (χ0n) is 21.8. The molecular formula is C31H28N2O5S. The standard InChI is InChI=1S/C31H28N2O5S/c1-31(2,3)20-13-16-27-25(17-20)33(39(35,36)22-9-5-4-6-10-22)19-29(38-27)30(34)32-21-14-15-24-23-11-7-8-12-26(23)37-28(24)18-21/h4-18,29H,19H2,1-3H3,(H,32,34)/t29-/m1/s1. The number of furan rings is 1. The number of carbonyl (C=O) groups is 1. The van der Waals surface area contributed by atoms with Crippen molar-refractivity contribution in [1.82, 2.24) is 0 Å². The van der Waals surface area contributed by atoms with E-state index in [9.17, 15) is 13.2 Å². The second kappa shape index (κ2) is 9.17. The van der Waals surface area contributed by atoms with Crippen molar-refractivity contribution < 1.29 is 22.4 Å². The number of nitrogens with one attached hydrogen (secondary N) is 1. The highest BCUT2D eigenvalue weighted by Crippen LogP contribution is 2.40. The van der Waals surface area contributed by atoms with Crippen LogP contribution in [0.5, 0.6) is 5.75 Å². The minimum Gasteiger partial charge on any atom is -0.476 e. The van der Waals surface area contributed by atoms with Crippen LogP contribution in [0.2, 0.25) is 0 Å². The van der Waals surface area contributed by atoms with E-state index in [4.69, 9.17) is 9.15 Å². The van der Waals surface area contributed by atoms with Gasteiger partial charge in [0, 0.05) is 22.5 Å². The average molecular weight is 541 g/mol. The van der Waals surface area contributed by atoms with Gasteiger partial charge in [0.2, 0.25) is 0 Å². The molecule has 0 aliphatic carbocycles. The first-order valence-electron chi connectivity index (χ1n) is 12.7. The first-order valence-corrected chi connectivity index (χ1v) is 14.2. The normalized spacial score (nSPS) is 15.7. The number of anilines is 2. The van der Waals surface area contributed by atoms with E-state index >= 15 is 0 Å². The lowest BCUT2D eigenvalue weighted by molar-refractivity contribution is -0.122. The van der Waals surface area contributed by atoms with Crippen molar-refractivity contribution in [3.05, 3.63) is 96.6 Å². The lowest BCUT2D eigenvalue weighted by atomic mass is 9.86. The molecule has 2 heterocycles. The van der Waals surface area contributed by atoms with Gasteiger partial charge in [0.05, 0.1) is 17.1 Å². The number of amides is 1. The predicted molar refractivity (Wildman–Crippen MR) is 153 cm³/mol. The van der Waals surface area contributed by atoms with Crippen LogP contribution in [0.4, 0.5) is 11.4 Å². The Hall–Kier alpha value is -4.30. The van der Waals surface area contributed by atoms with Crippen molar-refractivity contribution in [2.24, 2.45) is 0 Å². The molecule has 1 aromatic heterocycles. The van der Waals surface area contributed by atoms with E-state index in [1.165, 1.54) is 4.31 Å². The molecule has 4 aromatic carbocycles. The highest BCUT2D eigenvalue weighted by atomic mass is 32.2. The maximum atomic E-state index is 13.8. The fraction of sp³-hybridized carbons (Fsp3) is 0.194. The molecule has 1 atom stereocenters. The number of ether oxygens (including phenoxy) is 1. The van der Waals surface area contributed by atoms with Gasteiger partial charge < -0.3 is 14.5 Å². The van der Waals surface area contributed by atoms with Gasteiger partial charge in [-0.25, -0.2) is 8.42 Å². The molecule has 0 saturated carbocycles. The molecule has 0 fully saturated rings. The van der Waals surface area contributed by atoms with Gasteiger partial charge in [-0.2, -0.15) is 0 Å². The summed E-state index contributed by atoms with van der Waals surface area (Å²) in [6.45, 7) is 6.01. The molecular weight excluding hydrogens is 512 g/mol. The van der Waals surface area contributed by atoms with E-state index in [1.54, 1.807) is 48.5 Å². The summed E-state index contributed by atoms with van der Waals surface area (Å²) in [5.41, 5.74) is 3.10. The molecule has 1 aliphatic heterocycles. The van der Waals surface area contributed by atoms with E-state index < -0.39 is 22.0 Å². The summed E-state index contributed by atoms with van der Waals surface area (Å²) >= 11 is 0. The van der Waals surface area contributed by atoms with E-state index in [0.29, 0.717) is 22.7 Å². The van der Waals surface area contributed by atoms with Gasteiger partial charge >= 0.3 is 0 Å². The smallest absolute Gasteiger partial charge is 0.267 e. The number of carbonyl (C=O) groups excluding carboxylic acids is 1. The zero-order chi connectivity index (χ0) is 27.4. The van der Waals surface area contributed by atoms with Crippen LogP contribution in [0.3, 0.4) is 0 Å². The summed E-state index contributed by atoms with van der Waals surface area (Å²) in [5.74, 6) is -0.120. The molecule has 1 amide bonds. The molecule has 1 aliphatic rings. The highest BCUT2D eigenvalue weighted by molar-refractivity contribution is 7.92. The van der Waals surface area contributed by atoms with Crippen LogP contribution in [0.15, 0.2) is 100 Å². The molecule has 39 heavy (non-hydrogen) atoms. The number of para-hydroxylation sites is 1. The van der Waals surface area contributed by atoms with E-state index in [-0.39, 0.29) is 16.9 Å². The molecule has 198 valence electrons. The zero-order valence-corrected chi connectivity index (χ0v) is 22.7. The van der Waals surface area contributed by atoms with Crippen LogP contribution >= 0.6 is 0 Å². The summed E-state index contributed by atoms with van der Waals surface area (Å²) in [4.78, 5) is 13.6. The van der Waals surface area contributed by atoms with Gasteiger partial charge in [-0.3, -0.25) is 9.10 Å². The quantitative estimate of drug-likeness (QED) is 0.282. The van der Waals surface area contributed by atoms with Crippen molar-refractivity contribution in [3.63, 3.8) is 0 Å². The number of hydrogen-bond donors (Lipinski definition) is 1. The second-order valence-electron chi connectivity index (χ2n) is 10.7. The predicted octanol–water partition coefficient (Wildman–Crippen LogP) is 6.48. The highest BCUT2D eigenvalue weighted by Gasteiger charge is 2.38. The van der Waals surface area contributed by atoms with E-state index in [0.717, 1.165) is 21.9 Å². The largest absolute Gasteiger partial charge is 0.476 e. The monoisotopic (exact) mass is 540 g/mol. The maximum Gasteiger partial charge on any atom is 0.267 e. The van der Waals surface area contributed by atoms with Crippen molar-refractivity contribution >= 4 is 49.2 Å². The Morgan fingerprint density at radius 1 is 0.872 bits per heavy atom. The Labute approximate surface area is 227 Å². The Kier molecular flexibility index (Phi) is 5.88. The third-order valence-corrected chi connectivity index (χ3v) is 8.76. The topological polar surface area (TPSA) is 88.9 Å². The van der Waals surface area contributed by atoms with Crippen molar-refractivity contribution in [2.75, 3.05) is 16.2 Å². The molecule has 5 aromatic rings. The molecule has 0 bridgehead atoms. The molecule has 0 radical (unpaired) electrons. The van der Waals surface area contributed by atoms with E-state index in [1.807, 2.05) is 42.5 Å². The van der Waals surface area contributed by atoms with Crippen LogP contribution in [0.1, 0.15) is 26.3 Å². The van der Waals surface area contributed by atoms with Crippen LogP contribution in [-0.4, -0.2) is 27.0 Å². The number of hydrogen-bond acceptors (Lipinski definition) is 5. The van der Waals surface area contributed by atoms with Gasteiger partial charge in [0.1, 0.15) is 16.9 Å². The van der Waals surface area contributed by atoms with Crippen molar-refractivity contribution in [2.45, 2.75) is 37.2 Å². The molecule has 1 N–H and O–H groups in total. The third kappa shape index (κ3) is 4.51. The molecule has 0 unspecified atom stereocenters. The van der Waals surface area contributed by atoms with Crippen LogP contribution in [-0.2, 0) is 20.2 Å². The minimum absolute atomic E-state index is 0.147. The molecule has 6 rings (SSSR count). The van der Waals surface area contributed by atoms with Gasteiger partial charge in [-0.15, -0.1) is 0 Å². The summed E-state index contributed by atoms with van der Waals surface area (Å²) in [7, 11) is -3.96. The minimum atomic E-state index is -3.96. The summed E-state index contributed by atoms with van der Waals surface area (Å²) in [6, 6.07) is 26.9. The first kappa shape index (κ1) is 25.0.